The molecule has 0 fully saturated rings. The van der Waals surface area contributed by atoms with Crippen LogP contribution in [-0.4, -0.2) is 30.6 Å². The monoisotopic (exact) mass is 254 g/mol. The van der Waals surface area contributed by atoms with Crippen molar-refractivity contribution in [1.82, 2.24) is 0 Å². The molecule has 0 aliphatic rings. The highest BCUT2D eigenvalue weighted by atomic mass is 16.6. The molecule has 18 heavy (non-hydrogen) atoms. The number of para-hydroxylation sites is 1. The zero-order chi connectivity index (χ0) is 13.5. The lowest BCUT2D eigenvalue weighted by molar-refractivity contribution is -0.383. The number of nitrogens with one attached hydrogen (secondary N) is 1. The molecular formula is C10H14N4O4. The van der Waals surface area contributed by atoms with Crippen molar-refractivity contribution in [3.63, 3.8) is 0 Å². The zero-order valence-electron chi connectivity index (χ0n) is 9.59. The third-order valence-electron chi connectivity index (χ3n) is 2.06. The van der Waals surface area contributed by atoms with Gasteiger partial charge in [0, 0.05) is 6.54 Å². The Balaban J connectivity index is 2.54. The Kier molecular flexibility index (Phi) is 4.88. The average molecular weight is 254 g/mol. The molecule has 0 spiro atoms. The minimum Gasteiger partial charge on any atom is -0.393 e. The highest BCUT2D eigenvalue weighted by molar-refractivity contribution is 5.75. The molecule has 8 heteroatoms. The fraction of sp³-hybridized carbons (Fsp3) is 0.300. The van der Waals surface area contributed by atoms with E-state index in [4.69, 9.17) is 16.2 Å². The number of carbonyl (C=O) groups is 1. The summed E-state index contributed by atoms with van der Waals surface area (Å²) in [7, 11) is 0. The first kappa shape index (κ1) is 13.7. The second-order valence-corrected chi connectivity index (χ2v) is 3.45. The molecule has 98 valence electrons. The van der Waals surface area contributed by atoms with Gasteiger partial charge < -0.3 is 21.5 Å². The second kappa shape index (κ2) is 6.40. The van der Waals surface area contributed by atoms with Gasteiger partial charge in [0.25, 0.3) is 0 Å². The molecule has 1 amide bonds. The van der Waals surface area contributed by atoms with Crippen molar-refractivity contribution in [2.24, 2.45) is 5.73 Å². The van der Waals surface area contributed by atoms with Crippen LogP contribution in [0.3, 0.4) is 0 Å². The first-order chi connectivity index (χ1) is 8.52. The second-order valence-electron chi connectivity index (χ2n) is 3.45. The summed E-state index contributed by atoms with van der Waals surface area (Å²) in [6, 6.07) is 4.60. The van der Waals surface area contributed by atoms with Gasteiger partial charge in [0.15, 0.2) is 0 Å². The van der Waals surface area contributed by atoms with E-state index in [1.807, 2.05) is 0 Å². The number of nitrogens with zero attached hydrogens (tertiary/aromatic N) is 1. The molecule has 0 radical (unpaired) electrons. The summed E-state index contributed by atoms with van der Waals surface area (Å²) >= 11 is 0. The largest absolute Gasteiger partial charge is 0.393 e. The summed E-state index contributed by atoms with van der Waals surface area (Å²) in [5, 5.41) is 13.6. The molecule has 8 nitrogen and oxygen atoms in total. The summed E-state index contributed by atoms with van der Waals surface area (Å²) in [6.07, 6.45) is 0. The van der Waals surface area contributed by atoms with Crippen LogP contribution in [0, 0.1) is 10.1 Å². The number of anilines is 2. The Labute approximate surface area is 103 Å². The number of ether oxygens (including phenoxy) is 1. The number of primary amides is 1. The SMILES string of the molecule is NC(=O)COCCNc1cccc(N)c1[N+](=O)[O-]. The van der Waals surface area contributed by atoms with Crippen molar-refractivity contribution in [3.05, 3.63) is 28.3 Å². The van der Waals surface area contributed by atoms with Crippen LogP contribution in [0.5, 0.6) is 0 Å². The molecule has 0 heterocycles. The predicted octanol–water partition coefficient (Wildman–Crippen LogP) is 0.0908. The van der Waals surface area contributed by atoms with Gasteiger partial charge in [-0.2, -0.15) is 0 Å². The highest BCUT2D eigenvalue weighted by Gasteiger charge is 2.16. The number of nitro benzene ring substituents is 1. The molecule has 1 aromatic rings. The van der Waals surface area contributed by atoms with Crippen molar-refractivity contribution in [2.45, 2.75) is 0 Å². The first-order valence-electron chi connectivity index (χ1n) is 5.15. The van der Waals surface area contributed by atoms with E-state index in [0.29, 0.717) is 12.2 Å². The quantitative estimate of drug-likeness (QED) is 0.273. The van der Waals surface area contributed by atoms with Crippen molar-refractivity contribution < 1.29 is 14.5 Å². The number of nitrogens with two attached hydrogens (primary N) is 2. The molecule has 0 unspecified atom stereocenters. The number of nitrogen functional groups attached to an aromatic ring is 1. The minimum atomic E-state index is -0.565. The Morgan fingerprint density at radius 3 is 2.83 bits per heavy atom. The van der Waals surface area contributed by atoms with Crippen LogP contribution < -0.4 is 16.8 Å². The number of hydrogen-bond donors (Lipinski definition) is 3. The fourth-order valence-electron chi connectivity index (χ4n) is 1.34. The van der Waals surface area contributed by atoms with Crippen LogP contribution >= 0.6 is 0 Å². The van der Waals surface area contributed by atoms with Crippen molar-refractivity contribution >= 4 is 23.0 Å². The van der Waals surface area contributed by atoms with Crippen molar-refractivity contribution in [3.8, 4) is 0 Å². The molecule has 1 aromatic carbocycles. The molecule has 0 bridgehead atoms. The number of nitro groups is 1. The molecule has 0 aromatic heterocycles. The standard InChI is InChI=1S/C10H14N4O4/c11-7-2-1-3-8(10(7)14(16)17)13-4-5-18-6-9(12)15/h1-3,13H,4-6,11H2,(H2,12,15). The van der Waals surface area contributed by atoms with Gasteiger partial charge in [0.05, 0.1) is 11.5 Å². The summed E-state index contributed by atoms with van der Waals surface area (Å²) in [6.45, 7) is 0.327. The summed E-state index contributed by atoms with van der Waals surface area (Å²) < 4.78 is 4.91. The number of amides is 1. The predicted molar refractivity (Wildman–Crippen MR) is 66.0 cm³/mol. The smallest absolute Gasteiger partial charge is 0.314 e. The summed E-state index contributed by atoms with van der Waals surface area (Å²) in [4.78, 5) is 20.7. The van der Waals surface area contributed by atoms with Gasteiger partial charge in [-0.05, 0) is 12.1 Å². The maximum atomic E-state index is 10.8. The minimum absolute atomic E-state index is 0.0862. The van der Waals surface area contributed by atoms with Gasteiger partial charge in [0.2, 0.25) is 5.91 Å². The van der Waals surface area contributed by atoms with E-state index in [-0.39, 0.29) is 24.6 Å². The van der Waals surface area contributed by atoms with Gasteiger partial charge in [-0.25, -0.2) is 0 Å². The first-order valence-corrected chi connectivity index (χ1v) is 5.15. The van der Waals surface area contributed by atoms with Gasteiger partial charge in [-0.15, -0.1) is 0 Å². The van der Waals surface area contributed by atoms with Crippen LogP contribution in [0.4, 0.5) is 17.1 Å². The van der Waals surface area contributed by atoms with E-state index < -0.39 is 10.8 Å². The topological polar surface area (TPSA) is 134 Å². The third-order valence-corrected chi connectivity index (χ3v) is 2.06. The summed E-state index contributed by atoms with van der Waals surface area (Å²) in [5.74, 6) is -0.565. The lowest BCUT2D eigenvalue weighted by atomic mass is 10.2. The van der Waals surface area contributed by atoms with E-state index in [2.05, 4.69) is 5.32 Å². The average Bonchev–Trinajstić information content (AvgIpc) is 2.27. The van der Waals surface area contributed by atoms with Crippen LogP contribution in [0.15, 0.2) is 18.2 Å². The van der Waals surface area contributed by atoms with Gasteiger partial charge in [-0.1, -0.05) is 6.07 Å². The third kappa shape index (κ3) is 3.91. The molecule has 0 saturated heterocycles. The highest BCUT2D eigenvalue weighted by Crippen LogP contribution is 2.30. The molecule has 0 aliphatic heterocycles. The van der Waals surface area contributed by atoms with Crippen LogP contribution in [0.1, 0.15) is 0 Å². The van der Waals surface area contributed by atoms with E-state index in [9.17, 15) is 14.9 Å². The number of hydrogen-bond acceptors (Lipinski definition) is 6. The summed E-state index contributed by atoms with van der Waals surface area (Å²) in [5.41, 5.74) is 10.6. The van der Waals surface area contributed by atoms with E-state index in [1.54, 1.807) is 12.1 Å². The Morgan fingerprint density at radius 2 is 2.22 bits per heavy atom. The molecule has 1 rings (SSSR count). The van der Waals surface area contributed by atoms with Crippen molar-refractivity contribution in [2.75, 3.05) is 30.8 Å². The van der Waals surface area contributed by atoms with E-state index in [0.717, 1.165) is 0 Å². The lowest BCUT2D eigenvalue weighted by Gasteiger charge is -2.08. The Bertz CT molecular complexity index is 450. The van der Waals surface area contributed by atoms with E-state index in [1.165, 1.54) is 6.07 Å². The number of carbonyl (C=O) groups excluding carboxylic acids is 1. The molecule has 0 atom stereocenters. The van der Waals surface area contributed by atoms with Gasteiger partial charge >= 0.3 is 5.69 Å². The Morgan fingerprint density at radius 1 is 1.50 bits per heavy atom. The maximum absolute atomic E-state index is 10.8. The van der Waals surface area contributed by atoms with Gasteiger partial charge in [-0.3, -0.25) is 14.9 Å². The Hall–Kier alpha value is -2.35. The van der Waals surface area contributed by atoms with Gasteiger partial charge in [0.1, 0.15) is 18.0 Å². The van der Waals surface area contributed by atoms with Crippen LogP contribution in [0.25, 0.3) is 0 Å². The van der Waals surface area contributed by atoms with Crippen molar-refractivity contribution in [1.29, 1.82) is 0 Å². The molecule has 5 N–H and O–H groups in total. The number of benzene rings is 1. The molecular weight excluding hydrogens is 240 g/mol. The lowest BCUT2D eigenvalue weighted by Crippen LogP contribution is -2.20. The molecule has 0 saturated carbocycles. The maximum Gasteiger partial charge on any atom is 0.314 e. The normalized spacial score (nSPS) is 10.0. The van der Waals surface area contributed by atoms with Crippen LogP contribution in [0.2, 0.25) is 0 Å². The fourth-order valence-corrected chi connectivity index (χ4v) is 1.34. The van der Waals surface area contributed by atoms with E-state index >= 15 is 0 Å². The van der Waals surface area contributed by atoms with Crippen LogP contribution in [-0.2, 0) is 9.53 Å². The number of rotatable bonds is 7. The molecule has 0 aliphatic carbocycles. The zero-order valence-corrected chi connectivity index (χ0v) is 9.59.